The fourth-order valence-electron chi connectivity index (χ4n) is 4.49. The lowest BCUT2D eigenvalue weighted by Crippen LogP contribution is -2.55. The number of nitrogens with zero attached hydrogens (tertiary/aromatic N) is 2. The second kappa shape index (κ2) is 10.8. The van der Waals surface area contributed by atoms with Gasteiger partial charge in [0.2, 0.25) is 0 Å². The Hall–Kier alpha value is -3.31. The quantitative estimate of drug-likeness (QED) is 0.395. The molecule has 38 heavy (non-hydrogen) atoms. The molecule has 0 N–H and O–H groups in total. The standard InChI is InChI=1S/C27H31F3N2O6/c1-17-11-21(36-24(33)23-16-35-10-9-32(23)25(34)38-26(2,3)4)12-19-14-31(15-22(17)19)13-18-5-7-20(8-6-18)37-27(28,29)30/h5-8,11-12,23H,9-10,13-16H2,1-4H3. The van der Waals surface area contributed by atoms with Gasteiger partial charge in [0.15, 0.2) is 6.04 Å². The molecule has 0 spiro atoms. The van der Waals surface area contributed by atoms with Crippen molar-refractivity contribution in [2.45, 2.75) is 65.3 Å². The zero-order valence-electron chi connectivity index (χ0n) is 21.8. The van der Waals surface area contributed by atoms with Gasteiger partial charge >= 0.3 is 18.4 Å². The highest BCUT2D eigenvalue weighted by Gasteiger charge is 2.37. The topological polar surface area (TPSA) is 77.5 Å². The summed E-state index contributed by atoms with van der Waals surface area (Å²) in [5, 5.41) is 0. The van der Waals surface area contributed by atoms with Gasteiger partial charge in [0.25, 0.3) is 0 Å². The summed E-state index contributed by atoms with van der Waals surface area (Å²) < 4.78 is 57.7. The van der Waals surface area contributed by atoms with Gasteiger partial charge in [-0.15, -0.1) is 13.2 Å². The average Bonchev–Trinajstić information content (AvgIpc) is 3.21. The van der Waals surface area contributed by atoms with E-state index in [0.29, 0.717) is 32.0 Å². The van der Waals surface area contributed by atoms with Crippen LogP contribution in [-0.2, 0) is 33.9 Å². The molecule has 206 valence electrons. The van der Waals surface area contributed by atoms with Crippen LogP contribution >= 0.6 is 0 Å². The van der Waals surface area contributed by atoms with Crippen molar-refractivity contribution in [2.75, 3.05) is 19.8 Å². The number of hydrogen-bond donors (Lipinski definition) is 0. The highest BCUT2D eigenvalue weighted by molar-refractivity contribution is 5.83. The molecule has 4 rings (SSSR count). The summed E-state index contributed by atoms with van der Waals surface area (Å²) in [6.45, 7) is 9.50. The molecule has 1 unspecified atom stereocenters. The summed E-state index contributed by atoms with van der Waals surface area (Å²) in [5.41, 5.74) is 3.19. The minimum atomic E-state index is -4.73. The van der Waals surface area contributed by atoms with Gasteiger partial charge in [-0.3, -0.25) is 9.80 Å². The van der Waals surface area contributed by atoms with Crippen molar-refractivity contribution in [3.8, 4) is 11.5 Å². The van der Waals surface area contributed by atoms with Crippen molar-refractivity contribution < 1.29 is 41.7 Å². The number of carbonyl (C=O) groups is 2. The van der Waals surface area contributed by atoms with Crippen LogP contribution in [0.5, 0.6) is 11.5 Å². The van der Waals surface area contributed by atoms with E-state index in [1.807, 2.05) is 13.0 Å². The lowest BCUT2D eigenvalue weighted by atomic mass is 10.0. The highest BCUT2D eigenvalue weighted by atomic mass is 19.4. The average molecular weight is 537 g/mol. The minimum Gasteiger partial charge on any atom is -0.444 e. The molecule has 1 saturated heterocycles. The van der Waals surface area contributed by atoms with Crippen molar-refractivity contribution >= 4 is 12.1 Å². The van der Waals surface area contributed by atoms with Crippen LogP contribution in [0.1, 0.15) is 43.0 Å². The number of hydrogen-bond acceptors (Lipinski definition) is 7. The van der Waals surface area contributed by atoms with E-state index in [4.69, 9.17) is 14.2 Å². The van der Waals surface area contributed by atoms with Crippen molar-refractivity contribution in [1.29, 1.82) is 0 Å². The monoisotopic (exact) mass is 536 g/mol. The molecule has 1 atom stereocenters. The van der Waals surface area contributed by atoms with Crippen LogP contribution in [0.3, 0.4) is 0 Å². The summed E-state index contributed by atoms with van der Waals surface area (Å²) in [6.07, 6.45) is -5.32. The number of aryl methyl sites for hydroxylation is 1. The first-order valence-corrected chi connectivity index (χ1v) is 12.3. The molecule has 2 aliphatic heterocycles. The first-order chi connectivity index (χ1) is 17.8. The Bertz CT molecular complexity index is 1180. The Morgan fingerprint density at radius 3 is 2.42 bits per heavy atom. The molecular formula is C27H31F3N2O6. The fraction of sp³-hybridized carbons (Fsp3) is 0.481. The van der Waals surface area contributed by atoms with E-state index >= 15 is 0 Å². The van der Waals surface area contributed by atoms with Gasteiger partial charge in [-0.05, 0) is 74.2 Å². The molecular weight excluding hydrogens is 505 g/mol. The Kier molecular flexibility index (Phi) is 7.89. The lowest BCUT2D eigenvalue weighted by molar-refractivity contribution is -0.274. The van der Waals surface area contributed by atoms with E-state index in [1.165, 1.54) is 17.0 Å². The molecule has 8 nitrogen and oxygen atoms in total. The number of amides is 1. The summed E-state index contributed by atoms with van der Waals surface area (Å²) in [4.78, 5) is 29.1. The Balaban J connectivity index is 1.40. The SMILES string of the molecule is Cc1cc(OC(=O)C2COCCN2C(=O)OC(C)(C)C)cc2c1CN(Cc1ccc(OC(F)(F)F)cc1)C2. The van der Waals surface area contributed by atoms with Gasteiger partial charge in [-0.2, -0.15) is 0 Å². The van der Waals surface area contributed by atoms with Gasteiger partial charge in [-0.1, -0.05) is 12.1 Å². The van der Waals surface area contributed by atoms with Gasteiger partial charge in [0, 0.05) is 26.2 Å². The third-order valence-electron chi connectivity index (χ3n) is 6.12. The maximum absolute atomic E-state index is 13.0. The van der Waals surface area contributed by atoms with Crippen LogP contribution in [0, 0.1) is 6.92 Å². The molecule has 0 aliphatic carbocycles. The Labute approximate surface area is 219 Å². The molecule has 0 radical (unpaired) electrons. The summed E-state index contributed by atoms with van der Waals surface area (Å²) in [7, 11) is 0. The van der Waals surface area contributed by atoms with Crippen molar-refractivity contribution in [2.24, 2.45) is 0 Å². The van der Waals surface area contributed by atoms with E-state index in [2.05, 4.69) is 9.64 Å². The van der Waals surface area contributed by atoms with Gasteiger partial charge < -0.3 is 18.9 Å². The summed E-state index contributed by atoms with van der Waals surface area (Å²) >= 11 is 0. The number of benzene rings is 2. The minimum absolute atomic E-state index is 0.0164. The van der Waals surface area contributed by atoms with Crippen LogP contribution < -0.4 is 9.47 Å². The van der Waals surface area contributed by atoms with Crippen molar-refractivity contribution in [1.82, 2.24) is 9.80 Å². The van der Waals surface area contributed by atoms with Gasteiger partial charge in [0.1, 0.15) is 17.1 Å². The predicted molar refractivity (Wildman–Crippen MR) is 130 cm³/mol. The molecule has 0 bridgehead atoms. The number of rotatable bonds is 5. The number of fused-ring (bicyclic) bond motifs is 1. The van der Waals surface area contributed by atoms with Gasteiger partial charge in [-0.25, -0.2) is 9.59 Å². The largest absolute Gasteiger partial charge is 0.573 e. The molecule has 2 aromatic rings. The number of esters is 1. The second-order valence-corrected chi connectivity index (χ2v) is 10.4. The van der Waals surface area contributed by atoms with Crippen LogP contribution in [0.2, 0.25) is 0 Å². The molecule has 1 amide bonds. The number of alkyl halides is 3. The van der Waals surface area contributed by atoms with Crippen LogP contribution in [-0.4, -0.2) is 59.6 Å². The number of halogens is 3. The maximum Gasteiger partial charge on any atom is 0.573 e. The molecule has 11 heteroatoms. The smallest absolute Gasteiger partial charge is 0.444 e. The van der Waals surface area contributed by atoms with Gasteiger partial charge in [0.05, 0.1) is 13.2 Å². The van der Waals surface area contributed by atoms with Crippen molar-refractivity contribution in [3.05, 3.63) is 58.7 Å². The maximum atomic E-state index is 13.0. The summed E-state index contributed by atoms with van der Waals surface area (Å²) in [6, 6.07) is 8.47. The van der Waals surface area contributed by atoms with E-state index < -0.39 is 30.1 Å². The fourth-order valence-corrected chi connectivity index (χ4v) is 4.49. The highest BCUT2D eigenvalue weighted by Crippen LogP contribution is 2.32. The molecule has 0 saturated carbocycles. The Morgan fingerprint density at radius 1 is 1.05 bits per heavy atom. The zero-order chi connectivity index (χ0) is 27.7. The number of morpholine rings is 1. The lowest BCUT2D eigenvalue weighted by Gasteiger charge is -2.35. The predicted octanol–water partition coefficient (Wildman–Crippen LogP) is 4.95. The van der Waals surface area contributed by atoms with Crippen LogP contribution in [0.25, 0.3) is 0 Å². The van der Waals surface area contributed by atoms with E-state index in [0.717, 1.165) is 22.3 Å². The number of ether oxygens (including phenoxy) is 4. The first kappa shape index (κ1) is 27.7. The van der Waals surface area contributed by atoms with E-state index in [-0.39, 0.29) is 18.9 Å². The first-order valence-electron chi connectivity index (χ1n) is 12.3. The van der Waals surface area contributed by atoms with Crippen LogP contribution in [0.4, 0.5) is 18.0 Å². The van der Waals surface area contributed by atoms with E-state index in [9.17, 15) is 22.8 Å². The van der Waals surface area contributed by atoms with Crippen LogP contribution in [0.15, 0.2) is 36.4 Å². The molecule has 2 aliphatic rings. The second-order valence-electron chi connectivity index (χ2n) is 10.4. The molecule has 1 fully saturated rings. The molecule has 0 aromatic heterocycles. The summed E-state index contributed by atoms with van der Waals surface area (Å²) in [5.74, 6) is -0.496. The number of carbonyl (C=O) groups excluding carboxylic acids is 2. The molecule has 2 aromatic carbocycles. The Morgan fingerprint density at radius 2 is 1.76 bits per heavy atom. The zero-order valence-corrected chi connectivity index (χ0v) is 21.8. The van der Waals surface area contributed by atoms with Crippen molar-refractivity contribution in [3.63, 3.8) is 0 Å². The third kappa shape index (κ3) is 7.16. The molecule has 2 heterocycles. The normalized spacial score (nSPS) is 18.2. The van der Waals surface area contributed by atoms with E-state index in [1.54, 1.807) is 39.0 Å². The third-order valence-corrected chi connectivity index (χ3v) is 6.12.